The van der Waals surface area contributed by atoms with E-state index in [-0.39, 0.29) is 10.0 Å². The SMILES string of the molecule is N#Cc1ccc(NS(=O)(=O)c2ccnc(Cl)c2)c(Br)c1. The van der Waals surface area contributed by atoms with Gasteiger partial charge in [-0.3, -0.25) is 4.72 Å². The quantitative estimate of drug-likeness (QED) is 0.839. The van der Waals surface area contributed by atoms with Crippen molar-refractivity contribution in [3.8, 4) is 6.07 Å². The standard InChI is InChI=1S/C12H7BrClN3O2S/c13-10-5-8(7-15)1-2-11(10)17-20(18,19)9-3-4-16-12(14)6-9/h1-6,17H. The zero-order valence-corrected chi connectivity index (χ0v) is 13.0. The first-order valence-corrected chi connectivity index (χ1v) is 7.92. The van der Waals surface area contributed by atoms with Crippen molar-refractivity contribution in [3.63, 3.8) is 0 Å². The zero-order chi connectivity index (χ0) is 14.8. The molecule has 0 unspecified atom stereocenters. The van der Waals surface area contributed by atoms with Crippen LogP contribution in [0.25, 0.3) is 0 Å². The van der Waals surface area contributed by atoms with Crippen molar-refractivity contribution >= 4 is 43.2 Å². The van der Waals surface area contributed by atoms with Crippen molar-refractivity contribution < 1.29 is 8.42 Å². The lowest BCUT2D eigenvalue weighted by Crippen LogP contribution is -2.13. The second kappa shape index (κ2) is 5.79. The predicted octanol–water partition coefficient (Wildman–Crippen LogP) is 3.17. The summed E-state index contributed by atoms with van der Waals surface area (Å²) in [4.78, 5) is 3.74. The monoisotopic (exact) mass is 371 g/mol. The molecule has 1 aromatic heterocycles. The Balaban J connectivity index is 2.36. The summed E-state index contributed by atoms with van der Waals surface area (Å²) in [7, 11) is -3.77. The molecule has 0 fully saturated rings. The van der Waals surface area contributed by atoms with E-state index in [1.54, 1.807) is 0 Å². The predicted molar refractivity (Wildman–Crippen MR) is 78.9 cm³/mol. The van der Waals surface area contributed by atoms with Gasteiger partial charge in [-0.15, -0.1) is 0 Å². The third kappa shape index (κ3) is 3.28. The number of nitrogens with zero attached hydrogens (tertiary/aromatic N) is 2. The molecule has 0 radical (unpaired) electrons. The van der Waals surface area contributed by atoms with E-state index < -0.39 is 10.0 Å². The van der Waals surface area contributed by atoms with Crippen LogP contribution in [-0.4, -0.2) is 13.4 Å². The summed E-state index contributed by atoms with van der Waals surface area (Å²) in [6, 6.07) is 9.10. The van der Waals surface area contributed by atoms with Gasteiger partial charge in [0.05, 0.1) is 22.2 Å². The number of pyridine rings is 1. The Kier molecular flexibility index (Phi) is 4.28. The molecule has 1 aromatic carbocycles. The van der Waals surface area contributed by atoms with Crippen LogP contribution in [0.1, 0.15) is 5.56 Å². The van der Waals surface area contributed by atoms with E-state index in [4.69, 9.17) is 16.9 Å². The van der Waals surface area contributed by atoms with E-state index in [1.165, 1.54) is 36.5 Å². The van der Waals surface area contributed by atoms with Crippen LogP contribution in [0.3, 0.4) is 0 Å². The Morgan fingerprint density at radius 1 is 1.30 bits per heavy atom. The van der Waals surface area contributed by atoms with Crippen LogP contribution in [0, 0.1) is 11.3 Å². The highest BCUT2D eigenvalue weighted by Crippen LogP contribution is 2.26. The van der Waals surface area contributed by atoms with Gasteiger partial charge in [0.1, 0.15) is 5.15 Å². The van der Waals surface area contributed by atoms with Crippen LogP contribution in [0.4, 0.5) is 5.69 Å². The minimum Gasteiger partial charge on any atom is -0.278 e. The molecule has 0 spiro atoms. The van der Waals surface area contributed by atoms with Crippen molar-refractivity contribution in [3.05, 3.63) is 51.7 Å². The van der Waals surface area contributed by atoms with E-state index in [2.05, 4.69) is 25.6 Å². The Labute approximate surface area is 129 Å². The Bertz CT molecular complexity index is 803. The molecule has 0 saturated carbocycles. The summed E-state index contributed by atoms with van der Waals surface area (Å²) in [6.45, 7) is 0. The normalized spacial score (nSPS) is 10.8. The molecule has 0 aliphatic rings. The minimum atomic E-state index is -3.77. The number of halogens is 2. The fourth-order valence-electron chi connectivity index (χ4n) is 1.42. The molecule has 2 aromatic rings. The molecule has 0 bridgehead atoms. The van der Waals surface area contributed by atoms with Crippen LogP contribution in [0.5, 0.6) is 0 Å². The van der Waals surface area contributed by atoms with Gasteiger partial charge in [-0.25, -0.2) is 13.4 Å². The minimum absolute atomic E-state index is 0.00811. The fourth-order valence-corrected chi connectivity index (χ4v) is 3.36. The maximum atomic E-state index is 12.2. The summed E-state index contributed by atoms with van der Waals surface area (Å²) in [5.74, 6) is 0. The number of anilines is 1. The van der Waals surface area contributed by atoms with Gasteiger partial charge < -0.3 is 0 Å². The third-order valence-electron chi connectivity index (χ3n) is 2.35. The molecule has 20 heavy (non-hydrogen) atoms. The summed E-state index contributed by atoms with van der Waals surface area (Å²) >= 11 is 8.89. The van der Waals surface area contributed by atoms with E-state index >= 15 is 0 Å². The van der Waals surface area contributed by atoms with E-state index in [1.807, 2.05) is 6.07 Å². The molecule has 5 nitrogen and oxygen atoms in total. The van der Waals surface area contributed by atoms with Crippen molar-refractivity contribution in [2.24, 2.45) is 0 Å². The van der Waals surface area contributed by atoms with Gasteiger partial charge in [0.25, 0.3) is 10.0 Å². The van der Waals surface area contributed by atoms with Crippen LogP contribution in [-0.2, 0) is 10.0 Å². The first-order valence-electron chi connectivity index (χ1n) is 5.26. The molecule has 0 aliphatic carbocycles. The van der Waals surface area contributed by atoms with Crippen LogP contribution in [0.2, 0.25) is 5.15 Å². The first-order chi connectivity index (χ1) is 9.42. The van der Waals surface area contributed by atoms with Gasteiger partial charge in [0.15, 0.2) is 0 Å². The van der Waals surface area contributed by atoms with Crippen molar-refractivity contribution in [1.82, 2.24) is 4.98 Å². The molecule has 0 saturated heterocycles. The molecule has 0 amide bonds. The largest absolute Gasteiger partial charge is 0.278 e. The molecule has 2 rings (SSSR count). The van der Waals surface area contributed by atoms with Crippen molar-refractivity contribution in [1.29, 1.82) is 5.26 Å². The molecule has 1 N–H and O–H groups in total. The highest BCUT2D eigenvalue weighted by Gasteiger charge is 2.16. The maximum absolute atomic E-state index is 12.2. The van der Waals surface area contributed by atoms with Gasteiger partial charge in [-0.2, -0.15) is 5.26 Å². The number of hydrogen-bond donors (Lipinski definition) is 1. The van der Waals surface area contributed by atoms with Crippen LogP contribution < -0.4 is 4.72 Å². The van der Waals surface area contributed by atoms with E-state index in [9.17, 15) is 8.42 Å². The Hall–Kier alpha value is -1.62. The third-order valence-corrected chi connectivity index (χ3v) is 4.58. The second-order valence-electron chi connectivity index (χ2n) is 3.73. The highest BCUT2D eigenvalue weighted by molar-refractivity contribution is 9.10. The molecule has 0 aliphatic heterocycles. The van der Waals surface area contributed by atoms with Gasteiger partial charge in [-0.05, 0) is 46.3 Å². The smallest absolute Gasteiger partial charge is 0.262 e. The number of nitriles is 1. The lowest BCUT2D eigenvalue weighted by atomic mass is 10.2. The number of benzene rings is 1. The lowest BCUT2D eigenvalue weighted by Gasteiger charge is -2.10. The topological polar surface area (TPSA) is 82.9 Å². The Morgan fingerprint density at radius 3 is 2.65 bits per heavy atom. The molecule has 8 heteroatoms. The average molecular weight is 373 g/mol. The van der Waals surface area contributed by atoms with E-state index in [0.717, 1.165) is 0 Å². The molecule has 1 heterocycles. The molecular formula is C12H7BrClN3O2S. The number of aromatic nitrogens is 1. The lowest BCUT2D eigenvalue weighted by molar-refractivity contribution is 0.601. The molecule has 0 atom stereocenters. The summed E-state index contributed by atoms with van der Waals surface area (Å²) in [6.07, 6.45) is 1.31. The van der Waals surface area contributed by atoms with Gasteiger partial charge in [0, 0.05) is 10.7 Å². The Morgan fingerprint density at radius 2 is 2.05 bits per heavy atom. The number of sulfonamides is 1. The van der Waals surface area contributed by atoms with E-state index in [0.29, 0.717) is 15.7 Å². The fraction of sp³-hybridized carbons (Fsp3) is 0. The number of rotatable bonds is 3. The highest BCUT2D eigenvalue weighted by atomic mass is 79.9. The van der Waals surface area contributed by atoms with Gasteiger partial charge in [-0.1, -0.05) is 11.6 Å². The maximum Gasteiger partial charge on any atom is 0.262 e. The summed E-state index contributed by atoms with van der Waals surface area (Å²) < 4.78 is 27.2. The van der Waals surface area contributed by atoms with Gasteiger partial charge >= 0.3 is 0 Å². The summed E-state index contributed by atoms with van der Waals surface area (Å²) in [5, 5.41) is 8.85. The van der Waals surface area contributed by atoms with Crippen molar-refractivity contribution in [2.45, 2.75) is 4.90 Å². The zero-order valence-electron chi connectivity index (χ0n) is 9.84. The summed E-state index contributed by atoms with van der Waals surface area (Å²) in [5.41, 5.74) is 0.753. The number of hydrogen-bond acceptors (Lipinski definition) is 4. The van der Waals surface area contributed by atoms with Crippen LogP contribution in [0.15, 0.2) is 45.9 Å². The first kappa shape index (κ1) is 14.8. The van der Waals surface area contributed by atoms with Gasteiger partial charge in [0.2, 0.25) is 0 Å². The second-order valence-corrected chi connectivity index (χ2v) is 6.65. The molecule has 102 valence electrons. The number of nitrogens with one attached hydrogen (secondary N) is 1. The average Bonchev–Trinajstić information content (AvgIpc) is 2.41. The van der Waals surface area contributed by atoms with Crippen molar-refractivity contribution in [2.75, 3.05) is 4.72 Å². The molecular weight excluding hydrogens is 366 g/mol. The van der Waals surface area contributed by atoms with Crippen LogP contribution >= 0.6 is 27.5 Å².